The number of methoxy groups -OCH3 is 3. The van der Waals surface area contributed by atoms with Gasteiger partial charge in [0.1, 0.15) is 4.90 Å². The number of rotatable bonds is 13. The van der Waals surface area contributed by atoms with E-state index in [2.05, 4.69) is 20.6 Å². The zero-order valence-electron chi connectivity index (χ0n) is 23.5. The zero-order valence-corrected chi connectivity index (χ0v) is 25.1. The highest BCUT2D eigenvalue weighted by atomic mass is 32.2. The van der Waals surface area contributed by atoms with Gasteiger partial charge in [0.15, 0.2) is 11.5 Å². The number of nitrogens with zero attached hydrogens (tertiary/aromatic N) is 2. The van der Waals surface area contributed by atoms with Gasteiger partial charge in [-0.05, 0) is 48.5 Å². The van der Waals surface area contributed by atoms with E-state index in [1.54, 1.807) is 11.8 Å². The van der Waals surface area contributed by atoms with Crippen LogP contribution in [0.5, 0.6) is 17.2 Å². The summed E-state index contributed by atoms with van der Waals surface area (Å²) in [6.45, 7) is 0.571. The minimum Gasteiger partial charge on any atom is -0.493 e. The maximum Gasteiger partial charge on any atom is 0.267 e. The molecular formula is C29H29N5O7S2. The van der Waals surface area contributed by atoms with Gasteiger partial charge in [-0.1, -0.05) is 18.2 Å². The summed E-state index contributed by atoms with van der Waals surface area (Å²) >= 11 is 1.66. The minimum atomic E-state index is -4.23. The first-order valence-corrected chi connectivity index (χ1v) is 15.2. The van der Waals surface area contributed by atoms with E-state index in [1.807, 2.05) is 35.1 Å². The highest BCUT2D eigenvalue weighted by Gasteiger charge is 2.21. The van der Waals surface area contributed by atoms with Crippen molar-refractivity contribution in [2.24, 2.45) is 0 Å². The van der Waals surface area contributed by atoms with E-state index in [0.717, 1.165) is 23.0 Å². The Bertz CT molecular complexity index is 1640. The number of nitrogens with one attached hydrogen (secondary N) is 3. The summed E-state index contributed by atoms with van der Waals surface area (Å²) < 4.78 is 43.3. The van der Waals surface area contributed by atoms with Crippen LogP contribution in [0.4, 0.5) is 11.6 Å². The molecule has 0 spiro atoms. The van der Waals surface area contributed by atoms with Crippen molar-refractivity contribution in [1.82, 2.24) is 14.7 Å². The number of hydrogen-bond acceptors (Lipinski definition) is 11. The molecule has 1 aromatic heterocycles. The van der Waals surface area contributed by atoms with Crippen LogP contribution in [-0.4, -0.2) is 63.8 Å². The number of carbonyl (C=O) groups is 2. The van der Waals surface area contributed by atoms with Crippen LogP contribution >= 0.6 is 11.8 Å². The molecule has 0 aliphatic carbocycles. The number of aromatic nitrogens is 2. The molecule has 12 nitrogen and oxygen atoms in total. The summed E-state index contributed by atoms with van der Waals surface area (Å²) in [5.74, 6) is 0.679. The lowest BCUT2D eigenvalue weighted by molar-refractivity contribution is 0.0980. The van der Waals surface area contributed by atoms with E-state index in [9.17, 15) is 18.0 Å². The summed E-state index contributed by atoms with van der Waals surface area (Å²) in [6, 6.07) is 18.6. The highest BCUT2D eigenvalue weighted by Crippen LogP contribution is 2.38. The Morgan fingerprint density at radius 3 is 2.02 bits per heavy atom. The van der Waals surface area contributed by atoms with Crippen molar-refractivity contribution in [2.45, 2.75) is 9.79 Å². The van der Waals surface area contributed by atoms with Crippen molar-refractivity contribution in [3.8, 4) is 17.2 Å². The highest BCUT2D eigenvalue weighted by molar-refractivity contribution is 7.99. The first-order valence-electron chi connectivity index (χ1n) is 12.8. The van der Waals surface area contributed by atoms with Crippen LogP contribution in [0.15, 0.2) is 88.9 Å². The van der Waals surface area contributed by atoms with Crippen LogP contribution in [0.25, 0.3) is 0 Å². The Hall–Kier alpha value is -4.82. The van der Waals surface area contributed by atoms with Gasteiger partial charge in [0.25, 0.3) is 21.8 Å². The maximum atomic E-state index is 12.8. The molecule has 0 saturated carbocycles. The summed E-state index contributed by atoms with van der Waals surface area (Å²) in [5, 5.41) is 5.74. The molecule has 4 aromatic rings. The minimum absolute atomic E-state index is 0.0597. The van der Waals surface area contributed by atoms with E-state index < -0.39 is 21.8 Å². The Morgan fingerprint density at radius 1 is 0.814 bits per heavy atom. The lowest BCUT2D eigenvalue weighted by atomic mass is 10.1. The van der Waals surface area contributed by atoms with E-state index >= 15 is 0 Å². The number of anilines is 2. The molecule has 1 heterocycles. The second-order valence-electron chi connectivity index (χ2n) is 8.71. The number of thioether (sulfide) groups is 1. The molecule has 0 saturated heterocycles. The topological polar surface area (TPSA) is 158 Å². The normalized spacial score (nSPS) is 10.9. The van der Waals surface area contributed by atoms with Crippen LogP contribution in [0.2, 0.25) is 0 Å². The average Bonchev–Trinajstić information content (AvgIpc) is 3.03. The molecule has 0 unspecified atom stereocenters. The Morgan fingerprint density at radius 2 is 1.44 bits per heavy atom. The molecule has 43 heavy (non-hydrogen) atoms. The smallest absolute Gasteiger partial charge is 0.267 e. The summed E-state index contributed by atoms with van der Waals surface area (Å²) in [6.07, 6.45) is 2.24. The van der Waals surface area contributed by atoms with Crippen molar-refractivity contribution in [1.29, 1.82) is 0 Å². The van der Waals surface area contributed by atoms with Crippen molar-refractivity contribution in [2.75, 3.05) is 44.3 Å². The lowest BCUT2D eigenvalue weighted by Gasteiger charge is -2.14. The maximum absolute atomic E-state index is 12.8. The molecule has 0 radical (unpaired) electrons. The quantitative estimate of drug-likeness (QED) is 0.146. The second kappa shape index (κ2) is 14.4. The average molecular weight is 624 g/mol. The van der Waals surface area contributed by atoms with Gasteiger partial charge in [0.2, 0.25) is 11.7 Å². The van der Waals surface area contributed by atoms with Gasteiger partial charge < -0.3 is 24.8 Å². The van der Waals surface area contributed by atoms with Gasteiger partial charge in [-0.25, -0.2) is 23.1 Å². The number of carbonyl (C=O) groups excluding carboxylic acids is 2. The van der Waals surface area contributed by atoms with Gasteiger partial charge in [-0.15, -0.1) is 11.8 Å². The first kappa shape index (κ1) is 31.1. The fraction of sp³-hybridized carbons (Fsp3) is 0.172. The molecule has 2 amide bonds. The Balaban J connectivity index is 1.32. The summed E-state index contributed by atoms with van der Waals surface area (Å²) in [4.78, 5) is 34.5. The van der Waals surface area contributed by atoms with Crippen LogP contribution in [0, 0.1) is 0 Å². The van der Waals surface area contributed by atoms with Gasteiger partial charge in [0.05, 0.1) is 33.7 Å². The Labute approximate surface area is 253 Å². The number of hydrogen-bond donors (Lipinski definition) is 3. The van der Waals surface area contributed by atoms with E-state index in [4.69, 9.17) is 14.2 Å². The third-order valence-electron chi connectivity index (χ3n) is 5.89. The van der Waals surface area contributed by atoms with Gasteiger partial charge >= 0.3 is 0 Å². The summed E-state index contributed by atoms with van der Waals surface area (Å²) in [5.41, 5.74) is 0.679. The van der Waals surface area contributed by atoms with Gasteiger partial charge in [0, 0.05) is 34.0 Å². The van der Waals surface area contributed by atoms with Gasteiger partial charge in [-0.2, -0.15) is 0 Å². The van der Waals surface area contributed by atoms with E-state index in [0.29, 0.717) is 29.5 Å². The monoisotopic (exact) mass is 623 g/mol. The predicted molar refractivity (Wildman–Crippen MR) is 163 cm³/mol. The third kappa shape index (κ3) is 8.14. The first-order chi connectivity index (χ1) is 20.7. The van der Waals surface area contributed by atoms with Crippen molar-refractivity contribution >= 4 is 45.2 Å². The number of benzene rings is 3. The molecule has 3 N–H and O–H groups in total. The largest absolute Gasteiger partial charge is 0.493 e. The predicted octanol–water partition coefficient (Wildman–Crippen LogP) is 4.08. The molecule has 0 aliphatic rings. The number of ether oxygens (including phenoxy) is 3. The molecule has 0 aliphatic heterocycles. The lowest BCUT2D eigenvalue weighted by Crippen LogP contribution is -2.30. The molecule has 0 atom stereocenters. The second-order valence-corrected chi connectivity index (χ2v) is 11.6. The van der Waals surface area contributed by atoms with Crippen LogP contribution < -0.4 is 29.6 Å². The van der Waals surface area contributed by atoms with Crippen LogP contribution in [-0.2, 0) is 10.0 Å². The molecule has 14 heteroatoms. The van der Waals surface area contributed by atoms with Crippen LogP contribution in [0.1, 0.15) is 20.7 Å². The number of sulfonamides is 1. The van der Waals surface area contributed by atoms with Crippen LogP contribution in [0.3, 0.4) is 0 Å². The zero-order chi connectivity index (χ0) is 30.8. The van der Waals surface area contributed by atoms with Gasteiger partial charge in [-0.3, -0.25) is 9.59 Å². The van der Waals surface area contributed by atoms with E-state index in [1.165, 1.54) is 57.7 Å². The fourth-order valence-corrected chi connectivity index (χ4v) is 5.41. The molecule has 4 rings (SSSR count). The standard InChI is InChI=1S/C29H29N5O7S2/c1-39-24-15-20(16-25(40-2)26(24)41-3)27(35)33-21-11-9-19(10-12-21)28(36)34-43(37,38)23-17-31-29(32-18-23)30-13-14-42-22-7-5-4-6-8-22/h4-12,15-18H,13-14H2,1-3H3,(H,33,35)(H,34,36)(H,30,31,32). The molecule has 3 aromatic carbocycles. The third-order valence-corrected chi connectivity index (χ3v) is 8.19. The fourth-order valence-electron chi connectivity index (χ4n) is 3.75. The SMILES string of the molecule is COc1cc(C(=O)Nc2ccc(C(=O)NS(=O)(=O)c3cnc(NCCSc4ccccc4)nc3)cc2)cc(OC)c1OC. The molecular weight excluding hydrogens is 594 g/mol. The molecule has 0 fully saturated rings. The van der Waals surface area contributed by atoms with Crippen molar-refractivity contribution in [3.63, 3.8) is 0 Å². The summed E-state index contributed by atoms with van der Waals surface area (Å²) in [7, 11) is 0.110. The molecule has 0 bridgehead atoms. The number of amides is 2. The Kier molecular flexibility index (Phi) is 10.4. The van der Waals surface area contributed by atoms with Crippen molar-refractivity contribution in [3.05, 3.63) is 90.3 Å². The van der Waals surface area contributed by atoms with Crippen molar-refractivity contribution < 1.29 is 32.2 Å². The van der Waals surface area contributed by atoms with E-state index in [-0.39, 0.29) is 22.0 Å². The molecule has 224 valence electrons.